The highest BCUT2D eigenvalue weighted by Gasteiger charge is 2.43. The van der Waals surface area contributed by atoms with E-state index in [1.165, 1.54) is 14.0 Å². The number of ketones is 1. The van der Waals surface area contributed by atoms with Gasteiger partial charge in [-0.15, -0.1) is 0 Å². The maximum absolute atomic E-state index is 11.5. The predicted octanol–water partition coefficient (Wildman–Crippen LogP) is 1.29. The first-order chi connectivity index (χ1) is 7.76. The standard InChI is InChI=1S/C12H20O5/c1-7-9(6-10(14)15-5)16-12(3,4)17-11(7)8(2)13/h7,9,11H,6H2,1-5H3/t7-,9+,11+/m1/s1. The van der Waals surface area contributed by atoms with E-state index < -0.39 is 11.9 Å². The summed E-state index contributed by atoms with van der Waals surface area (Å²) in [5.41, 5.74) is 0. The van der Waals surface area contributed by atoms with Crippen LogP contribution >= 0.6 is 0 Å². The van der Waals surface area contributed by atoms with Crippen LogP contribution in [0, 0.1) is 5.92 Å². The predicted molar refractivity (Wildman–Crippen MR) is 60.3 cm³/mol. The number of ether oxygens (including phenoxy) is 3. The van der Waals surface area contributed by atoms with E-state index in [0.29, 0.717) is 0 Å². The van der Waals surface area contributed by atoms with Gasteiger partial charge in [0.25, 0.3) is 0 Å². The summed E-state index contributed by atoms with van der Waals surface area (Å²) < 4.78 is 15.9. The van der Waals surface area contributed by atoms with Crippen molar-refractivity contribution in [2.24, 2.45) is 5.92 Å². The van der Waals surface area contributed by atoms with Crippen molar-refractivity contribution in [3.8, 4) is 0 Å². The third-order valence-corrected chi connectivity index (χ3v) is 2.91. The first-order valence-electron chi connectivity index (χ1n) is 5.69. The molecule has 0 aromatic rings. The number of methoxy groups -OCH3 is 1. The SMILES string of the molecule is COC(=O)C[C@@H]1OC(C)(C)O[C@H](C(C)=O)[C@@H]1C. The van der Waals surface area contributed by atoms with Crippen molar-refractivity contribution in [3.05, 3.63) is 0 Å². The molecule has 1 saturated heterocycles. The average Bonchev–Trinajstić information content (AvgIpc) is 2.22. The van der Waals surface area contributed by atoms with Crippen molar-refractivity contribution in [2.75, 3.05) is 7.11 Å². The van der Waals surface area contributed by atoms with Gasteiger partial charge in [-0.1, -0.05) is 6.92 Å². The highest BCUT2D eigenvalue weighted by molar-refractivity contribution is 5.81. The van der Waals surface area contributed by atoms with E-state index in [-0.39, 0.29) is 30.2 Å². The number of carbonyl (C=O) groups is 2. The van der Waals surface area contributed by atoms with Gasteiger partial charge in [0.05, 0.1) is 19.6 Å². The minimum atomic E-state index is -0.860. The molecule has 1 aliphatic rings. The second kappa shape index (κ2) is 5.14. The Hall–Kier alpha value is -0.940. The molecule has 17 heavy (non-hydrogen) atoms. The van der Waals surface area contributed by atoms with Crippen LogP contribution in [0.3, 0.4) is 0 Å². The molecule has 98 valence electrons. The minimum Gasteiger partial charge on any atom is -0.469 e. The molecule has 0 radical (unpaired) electrons. The zero-order valence-electron chi connectivity index (χ0n) is 11.0. The number of hydrogen-bond donors (Lipinski definition) is 0. The van der Waals surface area contributed by atoms with Crippen LogP contribution < -0.4 is 0 Å². The molecule has 5 nitrogen and oxygen atoms in total. The molecule has 0 N–H and O–H groups in total. The lowest BCUT2D eigenvalue weighted by molar-refractivity contribution is -0.311. The molecule has 0 unspecified atom stereocenters. The summed E-state index contributed by atoms with van der Waals surface area (Å²) in [5.74, 6) is -1.42. The fraction of sp³-hybridized carbons (Fsp3) is 0.833. The van der Waals surface area contributed by atoms with Crippen LogP contribution in [-0.2, 0) is 23.8 Å². The molecule has 3 atom stereocenters. The van der Waals surface area contributed by atoms with E-state index in [2.05, 4.69) is 4.74 Å². The van der Waals surface area contributed by atoms with Crippen molar-refractivity contribution < 1.29 is 23.8 Å². The Labute approximate surface area is 101 Å². The summed E-state index contributed by atoms with van der Waals surface area (Å²) in [6.07, 6.45) is -0.762. The molecule has 0 spiro atoms. The topological polar surface area (TPSA) is 61.8 Å². The fourth-order valence-corrected chi connectivity index (χ4v) is 2.04. The zero-order valence-corrected chi connectivity index (χ0v) is 11.0. The molecular formula is C12H20O5. The Morgan fingerprint density at radius 3 is 2.35 bits per heavy atom. The third-order valence-electron chi connectivity index (χ3n) is 2.91. The van der Waals surface area contributed by atoms with Gasteiger partial charge in [0.15, 0.2) is 11.6 Å². The summed E-state index contributed by atoms with van der Waals surface area (Å²) in [7, 11) is 1.33. The largest absolute Gasteiger partial charge is 0.469 e. The third kappa shape index (κ3) is 3.51. The Morgan fingerprint density at radius 1 is 1.29 bits per heavy atom. The molecule has 5 heteroatoms. The van der Waals surface area contributed by atoms with Crippen LogP contribution in [0.1, 0.15) is 34.1 Å². The minimum absolute atomic E-state index is 0.0521. The van der Waals surface area contributed by atoms with Gasteiger partial charge in [-0.05, 0) is 20.8 Å². The van der Waals surface area contributed by atoms with Gasteiger partial charge in [-0.3, -0.25) is 9.59 Å². The van der Waals surface area contributed by atoms with Crippen molar-refractivity contribution in [1.29, 1.82) is 0 Å². The van der Waals surface area contributed by atoms with E-state index in [1.54, 1.807) is 13.8 Å². The zero-order chi connectivity index (χ0) is 13.2. The molecule has 1 fully saturated rings. The first kappa shape index (κ1) is 14.1. The molecule has 0 amide bonds. The smallest absolute Gasteiger partial charge is 0.308 e. The Morgan fingerprint density at radius 2 is 1.88 bits per heavy atom. The number of rotatable bonds is 3. The summed E-state index contributed by atoms with van der Waals surface area (Å²) in [6, 6.07) is 0. The van der Waals surface area contributed by atoms with Crippen molar-refractivity contribution in [1.82, 2.24) is 0 Å². The van der Waals surface area contributed by atoms with Gasteiger partial charge in [0.1, 0.15) is 6.10 Å². The summed E-state index contributed by atoms with van der Waals surface area (Å²) >= 11 is 0. The van der Waals surface area contributed by atoms with Crippen molar-refractivity contribution >= 4 is 11.8 Å². The number of carbonyl (C=O) groups excluding carboxylic acids is 2. The Balaban J connectivity index is 2.81. The second-order valence-corrected chi connectivity index (χ2v) is 4.84. The second-order valence-electron chi connectivity index (χ2n) is 4.84. The van der Waals surface area contributed by atoms with Gasteiger partial charge in [-0.2, -0.15) is 0 Å². The van der Waals surface area contributed by atoms with Crippen LogP contribution in [0.25, 0.3) is 0 Å². The van der Waals surface area contributed by atoms with Gasteiger partial charge in [-0.25, -0.2) is 0 Å². The molecule has 0 aromatic carbocycles. The van der Waals surface area contributed by atoms with Gasteiger partial charge in [0, 0.05) is 5.92 Å². The highest BCUT2D eigenvalue weighted by atomic mass is 16.7. The van der Waals surface area contributed by atoms with E-state index in [9.17, 15) is 9.59 Å². The average molecular weight is 244 g/mol. The van der Waals surface area contributed by atoms with Gasteiger partial charge in [0.2, 0.25) is 0 Å². The lowest BCUT2D eigenvalue weighted by atomic mass is 9.91. The fourth-order valence-electron chi connectivity index (χ4n) is 2.04. The lowest BCUT2D eigenvalue weighted by Gasteiger charge is -2.43. The Kier molecular flexibility index (Phi) is 4.27. The molecule has 1 rings (SSSR count). The number of hydrogen-bond acceptors (Lipinski definition) is 5. The highest BCUT2D eigenvalue weighted by Crippen LogP contribution is 2.33. The van der Waals surface area contributed by atoms with E-state index in [0.717, 1.165) is 0 Å². The number of esters is 1. The molecular weight excluding hydrogens is 224 g/mol. The van der Waals surface area contributed by atoms with E-state index >= 15 is 0 Å². The molecule has 1 aliphatic heterocycles. The van der Waals surface area contributed by atoms with Crippen LogP contribution in [0.2, 0.25) is 0 Å². The monoisotopic (exact) mass is 244 g/mol. The molecule has 0 bridgehead atoms. The first-order valence-corrected chi connectivity index (χ1v) is 5.69. The lowest BCUT2D eigenvalue weighted by Crippen LogP contribution is -2.53. The summed E-state index contributed by atoms with van der Waals surface area (Å²) in [4.78, 5) is 22.8. The van der Waals surface area contributed by atoms with E-state index in [1.807, 2.05) is 6.92 Å². The quantitative estimate of drug-likeness (QED) is 0.700. The molecule has 0 saturated carbocycles. The molecule has 0 aromatic heterocycles. The van der Waals surface area contributed by atoms with Crippen molar-refractivity contribution in [3.63, 3.8) is 0 Å². The van der Waals surface area contributed by atoms with Crippen LogP contribution in [0.15, 0.2) is 0 Å². The normalized spacial score (nSPS) is 31.9. The maximum atomic E-state index is 11.5. The molecule has 0 aliphatic carbocycles. The van der Waals surface area contributed by atoms with Gasteiger partial charge >= 0.3 is 5.97 Å². The van der Waals surface area contributed by atoms with E-state index in [4.69, 9.17) is 9.47 Å². The van der Waals surface area contributed by atoms with Crippen LogP contribution in [-0.4, -0.2) is 36.9 Å². The summed E-state index contributed by atoms with van der Waals surface area (Å²) in [6.45, 7) is 6.80. The number of Topliss-reactive ketones (excluding diaryl/α,β-unsaturated/α-hetero) is 1. The van der Waals surface area contributed by atoms with Crippen molar-refractivity contribution in [2.45, 2.75) is 52.1 Å². The van der Waals surface area contributed by atoms with Gasteiger partial charge < -0.3 is 14.2 Å². The molecule has 1 heterocycles. The Bertz CT molecular complexity index is 310. The summed E-state index contributed by atoms with van der Waals surface area (Å²) in [5, 5.41) is 0. The van der Waals surface area contributed by atoms with Crippen LogP contribution in [0.5, 0.6) is 0 Å². The van der Waals surface area contributed by atoms with Crippen LogP contribution in [0.4, 0.5) is 0 Å². The maximum Gasteiger partial charge on any atom is 0.308 e.